The molecule has 0 saturated carbocycles. The van der Waals surface area contributed by atoms with E-state index in [0.29, 0.717) is 23.2 Å². The summed E-state index contributed by atoms with van der Waals surface area (Å²) in [6.45, 7) is 6.13. The molecule has 0 saturated heterocycles. The average molecular weight is 414 g/mol. The number of benzene rings is 2. The first kappa shape index (κ1) is 20.9. The monoisotopic (exact) mass is 413 g/mol. The van der Waals surface area contributed by atoms with E-state index in [1.165, 1.54) is 0 Å². The number of carbonyl (C=O) groups is 1. The number of halogens is 1. The molecule has 1 aromatic heterocycles. The minimum absolute atomic E-state index is 0.139. The SMILES string of the molecule is CC[C@H](Oc1cccc(C)c1C)C(=O)N(C)Cc1nc(-c2ccc(Cl)cc2)no1. The zero-order chi connectivity index (χ0) is 21.0. The Morgan fingerprint density at radius 3 is 2.62 bits per heavy atom. The minimum atomic E-state index is -0.584. The number of hydrogen-bond donors (Lipinski definition) is 0. The molecule has 3 aromatic rings. The van der Waals surface area contributed by atoms with Crippen LogP contribution in [-0.4, -0.2) is 34.1 Å². The van der Waals surface area contributed by atoms with E-state index < -0.39 is 6.10 Å². The summed E-state index contributed by atoms with van der Waals surface area (Å²) < 4.78 is 11.3. The fourth-order valence-corrected chi connectivity index (χ4v) is 3.00. The van der Waals surface area contributed by atoms with E-state index in [4.69, 9.17) is 20.9 Å². The van der Waals surface area contributed by atoms with Crippen LogP contribution in [0, 0.1) is 13.8 Å². The molecular weight excluding hydrogens is 390 g/mol. The van der Waals surface area contributed by atoms with Crippen molar-refractivity contribution in [2.75, 3.05) is 7.05 Å². The third kappa shape index (κ3) is 4.95. The van der Waals surface area contributed by atoms with Crippen LogP contribution in [0.4, 0.5) is 0 Å². The van der Waals surface area contributed by atoms with E-state index in [0.717, 1.165) is 22.4 Å². The maximum Gasteiger partial charge on any atom is 0.263 e. The van der Waals surface area contributed by atoms with Crippen molar-refractivity contribution in [3.05, 3.63) is 64.5 Å². The van der Waals surface area contributed by atoms with E-state index >= 15 is 0 Å². The number of carbonyl (C=O) groups excluding carboxylic acids is 1. The Morgan fingerprint density at radius 2 is 1.93 bits per heavy atom. The molecule has 0 bridgehead atoms. The molecule has 0 N–H and O–H groups in total. The summed E-state index contributed by atoms with van der Waals surface area (Å²) in [6, 6.07) is 13.0. The third-order valence-electron chi connectivity index (χ3n) is 4.79. The van der Waals surface area contributed by atoms with Gasteiger partial charge in [-0.25, -0.2) is 0 Å². The van der Waals surface area contributed by atoms with Gasteiger partial charge in [-0.3, -0.25) is 4.79 Å². The molecular formula is C22H24ClN3O3. The van der Waals surface area contributed by atoms with Gasteiger partial charge < -0.3 is 14.2 Å². The Hall–Kier alpha value is -2.86. The Labute approximate surface area is 175 Å². The molecule has 0 spiro atoms. The minimum Gasteiger partial charge on any atom is -0.480 e. The van der Waals surface area contributed by atoms with E-state index in [1.807, 2.05) is 51.1 Å². The summed E-state index contributed by atoms with van der Waals surface area (Å²) in [5.41, 5.74) is 2.95. The van der Waals surface area contributed by atoms with Crippen molar-refractivity contribution in [1.29, 1.82) is 0 Å². The lowest BCUT2D eigenvalue weighted by atomic mass is 10.1. The number of aryl methyl sites for hydroxylation is 1. The lowest BCUT2D eigenvalue weighted by molar-refractivity contribution is -0.138. The van der Waals surface area contributed by atoms with Gasteiger partial charge in [-0.15, -0.1) is 0 Å². The molecule has 1 atom stereocenters. The number of hydrogen-bond acceptors (Lipinski definition) is 5. The zero-order valence-electron chi connectivity index (χ0n) is 17.0. The molecule has 29 heavy (non-hydrogen) atoms. The van der Waals surface area contributed by atoms with Gasteiger partial charge in [0.05, 0.1) is 6.54 Å². The summed E-state index contributed by atoms with van der Waals surface area (Å²) in [6.07, 6.45) is -0.0321. The molecule has 1 heterocycles. The average Bonchev–Trinajstić information content (AvgIpc) is 3.17. The second kappa shape index (κ2) is 9.09. The fourth-order valence-electron chi connectivity index (χ4n) is 2.88. The van der Waals surface area contributed by atoms with Crippen molar-refractivity contribution in [2.45, 2.75) is 39.8 Å². The molecule has 1 amide bonds. The van der Waals surface area contributed by atoms with Crippen LogP contribution in [0.15, 0.2) is 47.0 Å². The standard InChI is InChI=1S/C22H24ClN3O3/c1-5-18(28-19-8-6-7-14(2)15(19)3)22(27)26(4)13-20-24-21(25-29-20)16-9-11-17(23)12-10-16/h6-12,18H,5,13H2,1-4H3/t18-/m0/s1. The number of likely N-dealkylation sites (N-methyl/N-ethyl adjacent to an activating group) is 1. The van der Waals surface area contributed by atoms with Crippen LogP contribution in [0.5, 0.6) is 5.75 Å². The predicted molar refractivity (Wildman–Crippen MR) is 112 cm³/mol. The summed E-state index contributed by atoms with van der Waals surface area (Å²) in [4.78, 5) is 18.8. The molecule has 6 nitrogen and oxygen atoms in total. The van der Waals surface area contributed by atoms with Crippen LogP contribution < -0.4 is 4.74 Å². The van der Waals surface area contributed by atoms with Gasteiger partial charge in [-0.05, 0) is 61.7 Å². The number of aromatic nitrogens is 2. The number of nitrogens with zero attached hydrogens (tertiary/aromatic N) is 3. The van der Waals surface area contributed by atoms with Crippen molar-refractivity contribution in [2.24, 2.45) is 0 Å². The van der Waals surface area contributed by atoms with Crippen molar-refractivity contribution in [1.82, 2.24) is 15.0 Å². The highest BCUT2D eigenvalue weighted by molar-refractivity contribution is 6.30. The number of rotatable bonds is 7. The molecule has 0 aliphatic heterocycles. The first-order valence-corrected chi connectivity index (χ1v) is 9.83. The Kier molecular flexibility index (Phi) is 6.54. The molecule has 2 aromatic carbocycles. The highest BCUT2D eigenvalue weighted by Gasteiger charge is 2.24. The highest BCUT2D eigenvalue weighted by Crippen LogP contribution is 2.23. The lowest BCUT2D eigenvalue weighted by Gasteiger charge is -2.23. The maximum atomic E-state index is 12.9. The lowest BCUT2D eigenvalue weighted by Crippen LogP contribution is -2.39. The van der Waals surface area contributed by atoms with Crippen molar-refractivity contribution in [3.63, 3.8) is 0 Å². The molecule has 0 aliphatic rings. The van der Waals surface area contributed by atoms with Gasteiger partial charge in [0.2, 0.25) is 11.7 Å². The first-order valence-electron chi connectivity index (χ1n) is 9.45. The quantitative estimate of drug-likeness (QED) is 0.555. The summed E-state index contributed by atoms with van der Waals surface area (Å²) in [5.74, 6) is 1.39. The fraction of sp³-hybridized carbons (Fsp3) is 0.318. The molecule has 152 valence electrons. The summed E-state index contributed by atoms with van der Waals surface area (Å²) in [7, 11) is 1.70. The van der Waals surface area contributed by atoms with Gasteiger partial charge >= 0.3 is 0 Å². The molecule has 3 rings (SSSR count). The topological polar surface area (TPSA) is 68.5 Å². The predicted octanol–water partition coefficient (Wildman–Crippen LogP) is 4.82. The number of amides is 1. The van der Waals surface area contributed by atoms with Crippen LogP contribution in [0.1, 0.15) is 30.4 Å². The summed E-state index contributed by atoms with van der Waals surface area (Å²) >= 11 is 5.91. The highest BCUT2D eigenvalue weighted by atomic mass is 35.5. The summed E-state index contributed by atoms with van der Waals surface area (Å²) in [5, 5.41) is 4.62. The normalized spacial score (nSPS) is 11.9. The van der Waals surface area contributed by atoms with E-state index in [9.17, 15) is 4.79 Å². The van der Waals surface area contributed by atoms with Crippen molar-refractivity contribution < 1.29 is 14.1 Å². The van der Waals surface area contributed by atoms with Gasteiger partial charge in [-0.1, -0.05) is 35.8 Å². The van der Waals surface area contributed by atoms with Gasteiger partial charge in [0.25, 0.3) is 5.91 Å². The number of ether oxygens (including phenoxy) is 1. The molecule has 0 aliphatic carbocycles. The zero-order valence-corrected chi connectivity index (χ0v) is 17.7. The van der Waals surface area contributed by atoms with Gasteiger partial charge in [0, 0.05) is 17.6 Å². The van der Waals surface area contributed by atoms with E-state index in [-0.39, 0.29) is 12.5 Å². The smallest absolute Gasteiger partial charge is 0.263 e. The largest absolute Gasteiger partial charge is 0.480 e. The van der Waals surface area contributed by atoms with Gasteiger partial charge in [0.1, 0.15) is 5.75 Å². The van der Waals surface area contributed by atoms with Gasteiger partial charge in [0.15, 0.2) is 6.10 Å². The Balaban J connectivity index is 1.67. The Bertz CT molecular complexity index is 985. The molecule has 0 fully saturated rings. The van der Waals surface area contributed by atoms with E-state index in [2.05, 4.69) is 10.1 Å². The molecule has 7 heteroatoms. The van der Waals surface area contributed by atoms with Crippen molar-refractivity contribution >= 4 is 17.5 Å². The Morgan fingerprint density at radius 1 is 1.21 bits per heavy atom. The third-order valence-corrected chi connectivity index (χ3v) is 5.04. The van der Waals surface area contributed by atoms with Crippen LogP contribution in [0.25, 0.3) is 11.4 Å². The second-order valence-corrected chi connectivity index (χ2v) is 7.36. The first-order chi connectivity index (χ1) is 13.9. The molecule has 0 radical (unpaired) electrons. The van der Waals surface area contributed by atoms with Gasteiger partial charge in [-0.2, -0.15) is 4.98 Å². The van der Waals surface area contributed by atoms with Crippen molar-refractivity contribution in [3.8, 4) is 17.1 Å². The van der Waals surface area contributed by atoms with Crippen LogP contribution in [-0.2, 0) is 11.3 Å². The van der Waals surface area contributed by atoms with Crippen LogP contribution in [0.3, 0.4) is 0 Å². The second-order valence-electron chi connectivity index (χ2n) is 6.93. The van der Waals surface area contributed by atoms with Crippen LogP contribution >= 0.6 is 11.6 Å². The van der Waals surface area contributed by atoms with Crippen LogP contribution in [0.2, 0.25) is 5.02 Å². The molecule has 0 unspecified atom stereocenters. The van der Waals surface area contributed by atoms with E-state index in [1.54, 1.807) is 24.1 Å². The maximum absolute atomic E-state index is 12.9.